The summed E-state index contributed by atoms with van der Waals surface area (Å²) in [4.78, 5) is 25.5. The minimum atomic E-state index is -0.541. The fourth-order valence-corrected chi connectivity index (χ4v) is 3.50. The number of ether oxygens (including phenoxy) is 1. The molecular formula is C20H21N3O3S. The number of rotatable bonds is 7. The molecule has 3 aromatic rings. The summed E-state index contributed by atoms with van der Waals surface area (Å²) < 4.78 is 6.89. The highest BCUT2D eigenvalue weighted by Crippen LogP contribution is 2.18. The minimum absolute atomic E-state index is 0.307. The van der Waals surface area contributed by atoms with Gasteiger partial charge in [-0.1, -0.05) is 24.3 Å². The summed E-state index contributed by atoms with van der Waals surface area (Å²) in [5.41, 5.74) is 2.51. The van der Waals surface area contributed by atoms with E-state index in [0.717, 1.165) is 12.1 Å². The van der Waals surface area contributed by atoms with E-state index in [1.54, 1.807) is 22.9 Å². The van der Waals surface area contributed by atoms with Crippen molar-refractivity contribution in [3.8, 4) is 5.69 Å². The molecule has 0 bridgehead atoms. The van der Waals surface area contributed by atoms with Crippen LogP contribution in [-0.2, 0) is 16.0 Å². The van der Waals surface area contributed by atoms with Gasteiger partial charge in [0.15, 0.2) is 6.61 Å². The highest BCUT2D eigenvalue weighted by Gasteiger charge is 2.21. The van der Waals surface area contributed by atoms with Gasteiger partial charge in [0.25, 0.3) is 5.91 Å². The molecule has 0 spiro atoms. The molecule has 0 saturated carbocycles. The van der Waals surface area contributed by atoms with E-state index < -0.39 is 5.97 Å². The molecule has 0 unspecified atom stereocenters. The van der Waals surface area contributed by atoms with Gasteiger partial charge in [-0.3, -0.25) is 4.79 Å². The first-order valence-electron chi connectivity index (χ1n) is 8.64. The van der Waals surface area contributed by atoms with E-state index in [9.17, 15) is 9.59 Å². The van der Waals surface area contributed by atoms with Crippen LogP contribution in [0.5, 0.6) is 0 Å². The maximum Gasteiger partial charge on any atom is 0.342 e. The van der Waals surface area contributed by atoms with Crippen LogP contribution in [0.15, 0.2) is 47.8 Å². The second-order valence-corrected chi connectivity index (χ2v) is 7.08. The van der Waals surface area contributed by atoms with Crippen LogP contribution < -0.4 is 5.32 Å². The van der Waals surface area contributed by atoms with Gasteiger partial charge in [0.1, 0.15) is 5.56 Å². The Labute approximate surface area is 161 Å². The number of para-hydroxylation sites is 1. The number of hydrogen-bond donors (Lipinski definition) is 1. The highest BCUT2D eigenvalue weighted by atomic mass is 32.1. The van der Waals surface area contributed by atoms with Crippen LogP contribution in [0.1, 0.15) is 26.6 Å². The summed E-state index contributed by atoms with van der Waals surface area (Å²) in [6.07, 6.45) is 0.763. The summed E-state index contributed by atoms with van der Waals surface area (Å²) in [6, 6.07) is 13.6. The van der Waals surface area contributed by atoms with Gasteiger partial charge in [-0.05, 0) is 43.8 Å². The van der Waals surface area contributed by atoms with Gasteiger partial charge in [0.05, 0.1) is 17.1 Å². The molecule has 0 fully saturated rings. The maximum atomic E-state index is 12.4. The summed E-state index contributed by atoms with van der Waals surface area (Å²) in [5.74, 6) is -0.855. The standard InChI is InChI=1S/C20H21N3O3S/c1-14-19(15(2)23(22-14)16-7-4-3-5-8-16)20(25)26-13-18(24)21-11-10-17-9-6-12-27-17/h3-9,12H,10-11,13H2,1-2H3,(H,21,24). The predicted octanol–water partition coefficient (Wildman–Crippen LogP) is 3.07. The van der Waals surface area contributed by atoms with Crippen LogP contribution in [0.25, 0.3) is 5.69 Å². The quantitative estimate of drug-likeness (QED) is 0.637. The second kappa shape index (κ2) is 8.64. The minimum Gasteiger partial charge on any atom is -0.452 e. The lowest BCUT2D eigenvalue weighted by molar-refractivity contribution is -0.124. The van der Waals surface area contributed by atoms with Crippen LogP contribution in [-0.4, -0.2) is 34.8 Å². The molecule has 3 rings (SSSR count). The average molecular weight is 383 g/mol. The molecule has 1 aromatic carbocycles. The summed E-state index contributed by atoms with van der Waals surface area (Å²) in [7, 11) is 0. The van der Waals surface area contributed by atoms with E-state index in [-0.39, 0.29) is 12.5 Å². The Morgan fingerprint density at radius 1 is 1.15 bits per heavy atom. The molecule has 1 amide bonds. The van der Waals surface area contributed by atoms with Crippen LogP contribution in [0.3, 0.4) is 0 Å². The Morgan fingerprint density at radius 3 is 2.63 bits per heavy atom. The molecule has 0 atom stereocenters. The molecule has 2 heterocycles. The Balaban J connectivity index is 1.56. The van der Waals surface area contributed by atoms with Gasteiger partial charge >= 0.3 is 5.97 Å². The normalized spacial score (nSPS) is 10.6. The first kappa shape index (κ1) is 18.8. The average Bonchev–Trinajstić information content (AvgIpc) is 3.28. The van der Waals surface area contributed by atoms with Crippen molar-refractivity contribution >= 4 is 23.2 Å². The highest BCUT2D eigenvalue weighted by molar-refractivity contribution is 7.09. The number of esters is 1. The Morgan fingerprint density at radius 2 is 1.93 bits per heavy atom. The van der Waals surface area contributed by atoms with E-state index in [4.69, 9.17) is 4.74 Å². The zero-order valence-corrected chi connectivity index (χ0v) is 16.1. The molecule has 0 saturated heterocycles. The third kappa shape index (κ3) is 4.62. The molecule has 0 radical (unpaired) electrons. The molecular weight excluding hydrogens is 362 g/mol. The van der Waals surface area contributed by atoms with Crippen molar-refractivity contribution in [3.63, 3.8) is 0 Å². The third-order valence-electron chi connectivity index (χ3n) is 4.10. The summed E-state index contributed by atoms with van der Waals surface area (Å²) in [5, 5.41) is 9.18. The maximum absolute atomic E-state index is 12.4. The monoisotopic (exact) mass is 383 g/mol. The Kier molecular flexibility index (Phi) is 6.03. The molecule has 27 heavy (non-hydrogen) atoms. The van der Waals surface area contributed by atoms with Crippen molar-refractivity contribution < 1.29 is 14.3 Å². The van der Waals surface area contributed by atoms with Crippen molar-refractivity contribution in [2.45, 2.75) is 20.3 Å². The van der Waals surface area contributed by atoms with Crippen molar-refractivity contribution in [2.24, 2.45) is 0 Å². The number of aromatic nitrogens is 2. The van der Waals surface area contributed by atoms with E-state index in [2.05, 4.69) is 10.4 Å². The van der Waals surface area contributed by atoms with Gasteiger partial charge in [0, 0.05) is 11.4 Å². The number of amides is 1. The van der Waals surface area contributed by atoms with Crippen LogP contribution in [0.2, 0.25) is 0 Å². The Hall–Kier alpha value is -2.93. The number of benzene rings is 1. The van der Waals surface area contributed by atoms with Gasteiger partial charge in [-0.25, -0.2) is 9.48 Å². The number of nitrogens with zero attached hydrogens (tertiary/aromatic N) is 2. The van der Waals surface area contributed by atoms with E-state index in [1.165, 1.54) is 4.88 Å². The molecule has 7 heteroatoms. The summed E-state index contributed by atoms with van der Waals surface area (Å²) >= 11 is 1.65. The summed E-state index contributed by atoms with van der Waals surface area (Å²) in [6.45, 7) is 3.77. The molecule has 2 aromatic heterocycles. The predicted molar refractivity (Wildman–Crippen MR) is 104 cm³/mol. The first-order valence-corrected chi connectivity index (χ1v) is 9.52. The smallest absolute Gasteiger partial charge is 0.342 e. The largest absolute Gasteiger partial charge is 0.452 e. The number of nitrogens with one attached hydrogen (secondary N) is 1. The molecule has 0 aliphatic heterocycles. The molecule has 0 aliphatic carbocycles. The van der Waals surface area contributed by atoms with Gasteiger partial charge in [0.2, 0.25) is 0 Å². The zero-order valence-electron chi connectivity index (χ0n) is 15.3. The van der Waals surface area contributed by atoms with E-state index >= 15 is 0 Å². The molecule has 1 N–H and O–H groups in total. The number of thiophene rings is 1. The lowest BCUT2D eigenvalue weighted by Gasteiger charge is -2.07. The van der Waals surface area contributed by atoms with E-state index in [1.807, 2.05) is 54.8 Å². The zero-order chi connectivity index (χ0) is 19.2. The Bertz CT molecular complexity index is 918. The van der Waals surface area contributed by atoms with Crippen molar-refractivity contribution in [2.75, 3.05) is 13.2 Å². The molecule has 0 aliphatic rings. The fraction of sp³-hybridized carbons (Fsp3) is 0.250. The molecule has 6 nitrogen and oxygen atoms in total. The van der Waals surface area contributed by atoms with Crippen LogP contribution >= 0.6 is 11.3 Å². The number of carbonyl (C=O) groups is 2. The van der Waals surface area contributed by atoms with Crippen LogP contribution in [0.4, 0.5) is 0 Å². The van der Waals surface area contributed by atoms with Gasteiger partial charge in [-0.2, -0.15) is 5.10 Å². The number of carbonyl (C=O) groups excluding carboxylic acids is 2. The fourth-order valence-electron chi connectivity index (χ4n) is 2.79. The van der Waals surface area contributed by atoms with Crippen molar-refractivity contribution in [1.82, 2.24) is 15.1 Å². The van der Waals surface area contributed by atoms with Crippen LogP contribution in [0, 0.1) is 13.8 Å². The number of hydrogen-bond acceptors (Lipinski definition) is 5. The second-order valence-electron chi connectivity index (χ2n) is 6.05. The van der Waals surface area contributed by atoms with E-state index in [0.29, 0.717) is 23.5 Å². The topological polar surface area (TPSA) is 73.2 Å². The van der Waals surface area contributed by atoms with Gasteiger partial charge < -0.3 is 10.1 Å². The van der Waals surface area contributed by atoms with Crippen molar-refractivity contribution in [1.29, 1.82) is 0 Å². The SMILES string of the molecule is Cc1nn(-c2ccccc2)c(C)c1C(=O)OCC(=O)NCCc1cccs1. The number of aryl methyl sites for hydroxylation is 1. The van der Waals surface area contributed by atoms with Crippen molar-refractivity contribution in [3.05, 3.63) is 69.7 Å². The third-order valence-corrected chi connectivity index (χ3v) is 5.04. The molecule has 140 valence electrons. The first-order chi connectivity index (χ1) is 13.1. The lowest BCUT2D eigenvalue weighted by Crippen LogP contribution is -2.30. The van der Waals surface area contributed by atoms with Gasteiger partial charge in [-0.15, -0.1) is 11.3 Å². The lowest BCUT2D eigenvalue weighted by atomic mass is 10.2.